The molecule has 0 saturated carbocycles. The molecule has 0 aliphatic carbocycles. The summed E-state index contributed by atoms with van der Waals surface area (Å²) in [5, 5.41) is -0.113. The van der Waals surface area contributed by atoms with Crippen LogP contribution in [0.1, 0.15) is 19.4 Å². The van der Waals surface area contributed by atoms with Crippen LogP contribution in [0.5, 0.6) is 0 Å². The molecule has 0 aliphatic rings. The van der Waals surface area contributed by atoms with E-state index in [-0.39, 0.29) is 23.0 Å². The molecule has 0 atom stereocenters. The van der Waals surface area contributed by atoms with Gasteiger partial charge in [-0.3, -0.25) is 4.57 Å². The van der Waals surface area contributed by atoms with Crippen molar-refractivity contribution >= 4 is 28.8 Å². The van der Waals surface area contributed by atoms with Crippen LogP contribution in [0, 0.1) is 0 Å². The van der Waals surface area contributed by atoms with Gasteiger partial charge >= 0.3 is 13.8 Å². The first kappa shape index (κ1) is 16.7. The molecule has 0 radical (unpaired) electrons. The predicted octanol–water partition coefficient (Wildman–Crippen LogP) is 4.36. The Kier molecular flexibility index (Phi) is 5.62. The predicted molar refractivity (Wildman–Crippen MR) is 69.6 cm³/mol. The third kappa shape index (κ3) is 4.31. The third-order valence-corrected chi connectivity index (χ3v) is 4.67. The number of alkyl halides is 3. The van der Waals surface area contributed by atoms with E-state index < -0.39 is 19.3 Å². The molecule has 8 heteroatoms. The van der Waals surface area contributed by atoms with E-state index in [1.807, 2.05) is 0 Å². The van der Waals surface area contributed by atoms with E-state index >= 15 is 0 Å². The first-order valence-electron chi connectivity index (χ1n) is 5.50. The second-order valence-corrected chi connectivity index (χ2v) is 6.47. The largest absolute Gasteiger partial charge is 0.416 e. The van der Waals surface area contributed by atoms with Gasteiger partial charge in [0.1, 0.15) is 0 Å². The van der Waals surface area contributed by atoms with E-state index in [9.17, 15) is 17.7 Å². The van der Waals surface area contributed by atoms with Gasteiger partial charge in [-0.25, -0.2) is 0 Å². The molecule has 0 aliphatic heterocycles. The number of hydrogen-bond acceptors (Lipinski definition) is 3. The molecular weight excluding hydrogens is 348 g/mol. The summed E-state index contributed by atoms with van der Waals surface area (Å²) in [4.78, 5) is 0. The van der Waals surface area contributed by atoms with Gasteiger partial charge in [0.25, 0.3) is 0 Å². The van der Waals surface area contributed by atoms with Gasteiger partial charge in [0.05, 0.1) is 24.1 Å². The molecule has 3 nitrogen and oxygen atoms in total. The fourth-order valence-electron chi connectivity index (χ4n) is 1.42. The van der Waals surface area contributed by atoms with E-state index in [0.29, 0.717) is 0 Å². The van der Waals surface area contributed by atoms with Gasteiger partial charge in [-0.1, -0.05) is 15.9 Å². The molecule has 0 aromatic heterocycles. The lowest BCUT2D eigenvalue weighted by Crippen LogP contribution is -2.15. The average molecular weight is 361 g/mol. The Balaban J connectivity index is 3.32. The van der Waals surface area contributed by atoms with Crippen molar-refractivity contribution in [1.82, 2.24) is 0 Å². The summed E-state index contributed by atoms with van der Waals surface area (Å²) in [5.41, 5.74) is -0.906. The highest BCUT2D eigenvalue weighted by atomic mass is 79.9. The lowest BCUT2D eigenvalue weighted by atomic mass is 10.2. The maximum absolute atomic E-state index is 12.7. The van der Waals surface area contributed by atoms with Gasteiger partial charge in [-0.05, 0) is 32.0 Å². The Morgan fingerprint density at radius 1 is 1.16 bits per heavy atom. The third-order valence-electron chi connectivity index (χ3n) is 2.12. The summed E-state index contributed by atoms with van der Waals surface area (Å²) < 4.78 is 60.8. The lowest BCUT2D eigenvalue weighted by Gasteiger charge is -2.18. The number of hydrogen-bond donors (Lipinski definition) is 0. The minimum Gasteiger partial charge on any atom is -0.305 e. The molecule has 0 unspecified atom stereocenters. The zero-order valence-corrected chi connectivity index (χ0v) is 12.8. The zero-order chi connectivity index (χ0) is 14.7. The lowest BCUT2D eigenvalue weighted by molar-refractivity contribution is -0.137. The number of benzene rings is 1. The summed E-state index contributed by atoms with van der Waals surface area (Å²) in [7, 11) is -3.73. The average Bonchev–Trinajstić information content (AvgIpc) is 2.27. The second kappa shape index (κ2) is 6.39. The highest BCUT2D eigenvalue weighted by molar-refractivity contribution is 9.10. The normalized spacial score (nSPS) is 12.7. The van der Waals surface area contributed by atoms with Crippen molar-refractivity contribution in [1.29, 1.82) is 0 Å². The van der Waals surface area contributed by atoms with Crippen molar-refractivity contribution in [3.8, 4) is 0 Å². The molecular formula is C11H13BrF3O3P. The van der Waals surface area contributed by atoms with Crippen molar-refractivity contribution in [2.75, 3.05) is 13.2 Å². The van der Waals surface area contributed by atoms with E-state index in [4.69, 9.17) is 9.05 Å². The van der Waals surface area contributed by atoms with Crippen LogP contribution >= 0.6 is 23.5 Å². The first-order chi connectivity index (χ1) is 8.73. The van der Waals surface area contributed by atoms with Crippen LogP contribution in [-0.4, -0.2) is 13.2 Å². The fraction of sp³-hybridized carbons (Fsp3) is 0.455. The highest BCUT2D eigenvalue weighted by Gasteiger charge is 2.34. The van der Waals surface area contributed by atoms with Crippen LogP contribution in [0.15, 0.2) is 22.7 Å². The van der Waals surface area contributed by atoms with E-state index in [0.717, 1.165) is 12.1 Å². The maximum Gasteiger partial charge on any atom is 0.416 e. The van der Waals surface area contributed by atoms with Crippen LogP contribution < -0.4 is 5.30 Å². The molecule has 1 aromatic rings. The molecule has 1 rings (SSSR count). The molecule has 0 heterocycles. The monoisotopic (exact) mass is 360 g/mol. The Morgan fingerprint density at radius 2 is 1.68 bits per heavy atom. The standard InChI is InChI=1S/C11H13BrF3O3P/c1-3-17-19(16,18-4-2)10-6-8(11(13,14)15)5-9(12)7-10/h5-7H,3-4H2,1-2H3. The van der Waals surface area contributed by atoms with Crippen LogP contribution in [-0.2, 0) is 19.8 Å². The van der Waals surface area contributed by atoms with Crippen LogP contribution in [0.3, 0.4) is 0 Å². The summed E-state index contributed by atoms with van der Waals surface area (Å²) in [6.07, 6.45) is -4.53. The van der Waals surface area contributed by atoms with E-state index in [1.54, 1.807) is 13.8 Å². The van der Waals surface area contributed by atoms with Crippen LogP contribution in [0.2, 0.25) is 0 Å². The van der Waals surface area contributed by atoms with Gasteiger partial charge in [-0.2, -0.15) is 13.2 Å². The minimum absolute atomic E-state index is 0.0745. The van der Waals surface area contributed by atoms with Crippen molar-refractivity contribution in [2.24, 2.45) is 0 Å². The van der Waals surface area contributed by atoms with Gasteiger partial charge < -0.3 is 9.05 Å². The summed E-state index contributed by atoms with van der Waals surface area (Å²) in [6, 6.07) is 3.00. The summed E-state index contributed by atoms with van der Waals surface area (Å²) >= 11 is 2.97. The molecule has 1 aromatic carbocycles. The minimum atomic E-state index is -4.53. The Hall–Kier alpha value is -0.360. The SMILES string of the molecule is CCOP(=O)(OCC)c1cc(Br)cc(C(F)(F)F)c1. The molecule has 0 amide bonds. The second-order valence-electron chi connectivity index (χ2n) is 3.53. The molecule has 19 heavy (non-hydrogen) atoms. The summed E-state index contributed by atoms with van der Waals surface area (Å²) in [6.45, 7) is 3.33. The summed E-state index contributed by atoms with van der Waals surface area (Å²) in [5.74, 6) is 0. The van der Waals surface area contributed by atoms with Gasteiger partial charge in [-0.15, -0.1) is 0 Å². The molecule has 0 saturated heterocycles. The topological polar surface area (TPSA) is 35.5 Å². The van der Waals surface area contributed by atoms with Crippen LogP contribution in [0.25, 0.3) is 0 Å². The molecule has 108 valence electrons. The van der Waals surface area contributed by atoms with E-state index in [1.165, 1.54) is 6.07 Å². The number of halogens is 4. The van der Waals surface area contributed by atoms with Crippen molar-refractivity contribution in [2.45, 2.75) is 20.0 Å². The van der Waals surface area contributed by atoms with Gasteiger partial charge in [0.2, 0.25) is 0 Å². The molecule has 0 bridgehead atoms. The zero-order valence-electron chi connectivity index (χ0n) is 10.3. The first-order valence-corrected chi connectivity index (χ1v) is 7.84. The fourth-order valence-corrected chi connectivity index (χ4v) is 3.74. The number of rotatable bonds is 5. The van der Waals surface area contributed by atoms with Crippen LogP contribution in [0.4, 0.5) is 13.2 Å². The van der Waals surface area contributed by atoms with Gasteiger partial charge in [0.15, 0.2) is 0 Å². The van der Waals surface area contributed by atoms with Gasteiger partial charge in [0, 0.05) is 4.47 Å². The smallest absolute Gasteiger partial charge is 0.305 e. The maximum atomic E-state index is 12.7. The Labute approximate surface area is 117 Å². The quantitative estimate of drug-likeness (QED) is 0.732. The van der Waals surface area contributed by atoms with E-state index in [2.05, 4.69) is 15.9 Å². The van der Waals surface area contributed by atoms with Crippen molar-refractivity contribution in [3.63, 3.8) is 0 Å². The Morgan fingerprint density at radius 3 is 2.11 bits per heavy atom. The van der Waals surface area contributed by atoms with Crippen molar-refractivity contribution < 1.29 is 26.8 Å². The molecule has 0 spiro atoms. The van der Waals surface area contributed by atoms with Crippen molar-refractivity contribution in [3.05, 3.63) is 28.2 Å². The molecule has 0 fully saturated rings. The molecule has 0 N–H and O–H groups in total. The Bertz CT molecular complexity index is 481. The highest BCUT2D eigenvalue weighted by Crippen LogP contribution is 2.48.